The van der Waals surface area contributed by atoms with E-state index in [0.29, 0.717) is 11.2 Å². The molecule has 0 saturated carbocycles. The van der Waals surface area contributed by atoms with Crippen molar-refractivity contribution >= 4 is 18.2 Å². The van der Waals surface area contributed by atoms with Gasteiger partial charge in [0.15, 0.2) is 5.65 Å². The van der Waals surface area contributed by atoms with E-state index in [1.54, 1.807) is 0 Å². The van der Waals surface area contributed by atoms with Crippen molar-refractivity contribution in [1.29, 1.82) is 0 Å². The fourth-order valence-corrected chi connectivity index (χ4v) is 2.07. The van der Waals surface area contributed by atoms with Crippen molar-refractivity contribution in [1.82, 2.24) is 19.2 Å². The molecule has 7 nitrogen and oxygen atoms in total. The molecule has 0 spiro atoms. The molecule has 0 aliphatic rings. The van der Waals surface area contributed by atoms with Crippen LogP contribution in [0.1, 0.15) is 5.56 Å². The molecule has 0 aliphatic carbocycles. The lowest BCUT2D eigenvalue weighted by Gasteiger charge is -2.05. The first-order chi connectivity index (χ1) is 10.0. The van der Waals surface area contributed by atoms with Gasteiger partial charge in [0, 0.05) is 12.4 Å². The molecule has 0 fully saturated rings. The Bertz CT molecular complexity index is 861. The van der Waals surface area contributed by atoms with Crippen molar-refractivity contribution < 1.29 is 14.4 Å². The van der Waals surface area contributed by atoms with Crippen molar-refractivity contribution in [3.05, 3.63) is 58.7 Å². The normalized spacial score (nSPS) is 11.0. The van der Waals surface area contributed by atoms with Crippen LogP contribution in [0.2, 0.25) is 0 Å². The highest BCUT2D eigenvalue weighted by molar-refractivity contribution is 6.58. The first-order valence-electron chi connectivity index (χ1n) is 6.09. The number of rotatable bonds is 3. The Morgan fingerprint density at radius 1 is 1.29 bits per heavy atom. The lowest BCUT2D eigenvalue weighted by molar-refractivity contribution is 0.425. The topological polar surface area (TPSA) is 92.7 Å². The van der Waals surface area contributed by atoms with Crippen molar-refractivity contribution in [3.8, 4) is 0 Å². The lowest BCUT2D eigenvalue weighted by atomic mass is 9.79. The van der Waals surface area contributed by atoms with Crippen molar-refractivity contribution in [2.45, 2.75) is 6.54 Å². The van der Waals surface area contributed by atoms with Gasteiger partial charge >= 0.3 is 12.8 Å². The van der Waals surface area contributed by atoms with Crippen LogP contribution in [0.25, 0.3) is 5.65 Å². The molecule has 0 aliphatic heterocycles. The maximum Gasteiger partial charge on any atom is 0.488 e. The van der Waals surface area contributed by atoms with Gasteiger partial charge in [-0.3, -0.25) is 4.98 Å². The van der Waals surface area contributed by atoms with Crippen LogP contribution >= 0.6 is 0 Å². The molecule has 2 aromatic heterocycles. The largest absolute Gasteiger partial charge is 0.488 e. The zero-order chi connectivity index (χ0) is 15.0. The van der Waals surface area contributed by atoms with E-state index in [1.807, 2.05) is 0 Å². The summed E-state index contributed by atoms with van der Waals surface area (Å²) in [7, 11) is -1.78. The van der Waals surface area contributed by atoms with Crippen LogP contribution in [0.15, 0.2) is 41.6 Å². The zero-order valence-electron chi connectivity index (χ0n) is 10.7. The summed E-state index contributed by atoms with van der Waals surface area (Å²) < 4.78 is 15.9. The summed E-state index contributed by atoms with van der Waals surface area (Å²) in [6.45, 7) is 0.0119. The monoisotopic (exact) mass is 288 g/mol. The number of hydrogen-bond acceptors (Lipinski definition) is 5. The van der Waals surface area contributed by atoms with E-state index in [-0.39, 0.29) is 17.7 Å². The number of benzene rings is 1. The fourth-order valence-electron chi connectivity index (χ4n) is 2.07. The molecule has 0 atom stereocenters. The molecule has 0 unspecified atom stereocenters. The molecule has 0 amide bonds. The predicted octanol–water partition coefficient (Wildman–Crippen LogP) is -1.24. The third-order valence-electron chi connectivity index (χ3n) is 3.00. The molecule has 0 radical (unpaired) electrons. The highest BCUT2D eigenvalue weighted by Crippen LogP contribution is 2.04. The van der Waals surface area contributed by atoms with Crippen molar-refractivity contribution in [3.63, 3.8) is 0 Å². The molecule has 2 N–H and O–H groups in total. The van der Waals surface area contributed by atoms with Gasteiger partial charge in [-0.2, -0.15) is 0 Å². The second-order valence-electron chi connectivity index (χ2n) is 4.51. The van der Waals surface area contributed by atoms with E-state index in [4.69, 9.17) is 10.0 Å². The van der Waals surface area contributed by atoms with Gasteiger partial charge in [0.25, 0.3) is 0 Å². The van der Waals surface area contributed by atoms with Gasteiger partial charge in [0.1, 0.15) is 5.82 Å². The quantitative estimate of drug-likeness (QED) is 0.588. The maximum atomic E-state index is 13.5. The SMILES string of the molecule is O=c1n(Cc2cc(F)cc(B(O)O)c2)nc2cnccn12. The average Bonchev–Trinajstić information content (AvgIpc) is 2.75. The Balaban J connectivity index is 2.02. The Hall–Kier alpha value is -2.52. The molecule has 1 aromatic carbocycles. The van der Waals surface area contributed by atoms with Crippen LogP contribution in [-0.4, -0.2) is 36.3 Å². The molecule has 3 aromatic rings. The molecule has 0 bridgehead atoms. The van der Waals surface area contributed by atoms with Gasteiger partial charge in [-0.1, -0.05) is 6.07 Å². The number of aromatic nitrogens is 4. The summed E-state index contributed by atoms with van der Waals surface area (Å²) in [6, 6.07) is 3.63. The second-order valence-corrected chi connectivity index (χ2v) is 4.51. The van der Waals surface area contributed by atoms with Crippen LogP contribution in [0.4, 0.5) is 4.39 Å². The van der Waals surface area contributed by atoms with E-state index >= 15 is 0 Å². The van der Waals surface area contributed by atoms with Gasteiger partial charge < -0.3 is 10.0 Å². The van der Waals surface area contributed by atoms with Gasteiger partial charge in [-0.15, -0.1) is 5.10 Å². The molecular formula is C12H10BFN4O3. The molecule has 0 saturated heterocycles. The zero-order valence-corrected chi connectivity index (χ0v) is 10.7. The fraction of sp³-hybridized carbons (Fsp3) is 0.0833. The minimum atomic E-state index is -1.78. The average molecular weight is 288 g/mol. The van der Waals surface area contributed by atoms with E-state index in [2.05, 4.69) is 10.1 Å². The molecule has 3 rings (SSSR count). The Morgan fingerprint density at radius 3 is 2.81 bits per heavy atom. The van der Waals surface area contributed by atoms with Crippen molar-refractivity contribution in [2.75, 3.05) is 0 Å². The molecule has 9 heteroatoms. The summed E-state index contributed by atoms with van der Waals surface area (Å²) in [4.78, 5) is 15.9. The van der Waals surface area contributed by atoms with Gasteiger partial charge in [0.05, 0.1) is 12.7 Å². The minimum absolute atomic E-state index is 0.0119. The standard InChI is InChI=1S/C12H10BFN4O3/c14-10-4-8(3-9(5-10)13(20)21)7-18-12(19)17-2-1-15-6-11(17)16-18/h1-6,20-21H,7H2. The number of fused-ring (bicyclic) bond motifs is 1. The van der Waals surface area contributed by atoms with Crippen LogP contribution in [0, 0.1) is 5.82 Å². The summed E-state index contributed by atoms with van der Waals surface area (Å²) in [5.41, 5.74) is 0.407. The Kier molecular flexibility index (Phi) is 3.28. The highest BCUT2D eigenvalue weighted by atomic mass is 19.1. The van der Waals surface area contributed by atoms with Crippen LogP contribution < -0.4 is 11.2 Å². The van der Waals surface area contributed by atoms with Crippen LogP contribution in [0.5, 0.6) is 0 Å². The number of halogens is 1. The summed E-state index contributed by atoms with van der Waals surface area (Å²) in [5, 5.41) is 22.3. The summed E-state index contributed by atoms with van der Waals surface area (Å²) in [6.07, 6.45) is 4.38. The van der Waals surface area contributed by atoms with Gasteiger partial charge in [0.2, 0.25) is 0 Å². The van der Waals surface area contributed by atoms with E-state index < -0.39 is 12.9 Å². The van der Waals surface area contributed by atoms with Crippen LogP contribution in [-0.2, 0) is 6.54 Å². The molecule has 21 heavy (non-hydrogen) atoms. The first kappa shape index (κ1) is 13.5. The third-order valence-corrected chi connectivity index (χ3v) is 3.00. The van der Waals surface area contributed by atoms with Gasteiger partial charge in [-0.25, -0.2) is 18.3 Å². The summed E-state index contributed by atoms with van der Waals surface area (Å²) in [5.74, 6) is -0.617. The van der Waals surface area contributed by atoms with Gasteiger partial charge in [-0.05, 0) is 23.2 Å². The lowest BCUT2D eigenvalue weighted by Crippen LogP contribution is -2.31. The summed E-state index contributed by atoms with van der Waals surface area (Å²) >= 11 is 0. The Morgan fingerprint density at radius 2 is 2.10 bits per heavy atom. The molecule has 106 valence electrons. The van der Waals surface area contributed by atoms with E-state index in [9.17, 15) is 9.18 Å². The number of hydrogen-bond donors (Lipinski definition) is 2. The van der Waals surface area contributed by atoms with Crippen LogP contribution in [0.3, 0.4) is 0 Å². The maximum absolute atomic E-state index is 13.5. The van der Waals surface area contributed by atoms with E-state index in [1.165, 1.54) is 35.1 Å². The second kappa shape index (κ2) is 5.11. The molecule has 2 heterocycles. The Labute approximate surface area is 118 Å². The minimum Gasteiger partial charge on any atom is -0.423 e. The third kappa shape index (κ3) is 2.56. The highest BCUT2D eigenvalue weighted by Gasteiger charge is 2.14. The smallest absolute Gasteiger partial charge is 0.423 e. The van der Waals surface area contributed by atoms with Crippen molar-refractivity contribution in [2.24, 2.45) is 0 Å². The number of nitrogens with zero attached hydrogens (tertiary/aromatic N) is 4. The first-order valence-corrected chi connectivity index (χ1v) is 6.09. The molecular weight excluding hydrogens is 278 g/mol. The van der Waals surface area contributed by atoms with E-state index in [0.717, 1.165) is 10.7 Å². The predicted molar refractivity (Wildman–Crippen MR) is 72.6 cm³/mol.